The van der Waals surface area contributed by atoms with Gasteiger partial charge < -0.3 is 5.73 Å². The van der Waals surface area contributed by atoms with E-state index in [9.17, 15) is 4.39 Å². The summed E-state index contributed by atoms with van der Waals surface area (Å²) in [6, 6.07) is 5.27. The minimum absolute atomic E-state index is 0.0871. The van der Waals surface area contributed by atoms with Crippen molar-refractivity contribution in [2.24, 2.45) is 5.73 Å². The molecule has 15 heavy (non-hydrogen) atoms. The molecule has 0 saturated heterocycles. The molecule has 2 N–H and O–H groups in total. The lowest BCUT2D eigenvalue weighted by Gasteiger charge is -2.03. The van der Waals surface area contributed by atoms with E-state index in [0.717, 1.165) is 36.9 Å². The normalized spacial score (nSPS) is 9.40. The molecule has 1 rings (SSSR count). The lowest BCUT2D eigenvalue weighted by atomic mass is 10.0. The van der Waals surface area contributed by atoms with Gasteiger partial charge in [0.05, 0.1) is 0 Å². The van der Waals surface area contributed by atoms with Crippen molar-refractivity contribution in [1.82, 2.24) is 0 Å². The highest BCUT2D eigenvalue weighted by Crippen LogP contribution is 2.13. The molecule has 0 spiro atoms. The van der Waals surface area contributed by atoms with Crippen LogP contribution in [0.3, 0.4) is 0 Å². The van der Waals surface area contributed by atoms with Crippen LogP contribution in [0.25, 0.3) is 0 Å². The number of nitrogens with two attached hydrogens (primary N) is 1. The summed E-state index contributed by atoms with van der Waals surface area (Å²) in [7, 11) is 0. The summed E-state index contributed by atoms with van der Waals surface area (Å²) in [5.74, 6) is -0.0871. The first-order chi connectivity index (χ1) is 7.17. The Morgan fingerprint density at radius 3 is 2.27 bits per heavy atom. The van der Waals surface area contributed by atoms with Gasteiger partial charge in [-0.3, -0.25) is 0 Å². The lowest BCUT2D eigenvalue weighted by molar-refractivity contribution is 0.614. The van der Waals surface area contributed by atoms with Crippen molar-refractivity contribution in [3.63, 3.8) is 0 Å². The third-order valence-corrected chi connectivity index (χ3v) is 2.19. The van der Waals surface area contributed by atoms with Crippen molar-refractivity contribution in [3.05, 3.63) is 35.1 Å². The molecule has 86 valence electrons. The molecule has 0 aliphatic heterocycles. The van der Waals surface area contributed by atoms with Gasteiger partial charge in [0.1, 0.15) is 5.82 Å². The first kappa shape index (κ1) is 14.1. The number of halogens is 1. The van der Waals surface area contributed by atoms with Crippen LogP contribution in [0.15, 0.2) is 18.2 Å². The summed E-state index contributed by atoms with van der Waals surface area (Å²) < 4.78 is 12.9. The summed E-state index contributed by atoms with van der Waals surface area (Å²) in [6.45, 7) is 6.81. The minimum Gasteiger partial charge on any atom is -0.330 e. The highest BCUT2D eigenvalue weighted by atomic mass is 19.1. The van der Waals surface area contributed by atoms with E-state index in [2.05, 4.69) is 13.8 Å². The Bertz CT molecular complexity index is 269. The molecule has 0 amide bonds. The van der Waals surface area contributed by atoms with Crippen molar-refractivity contribution in [1.29, 1.82) is 0 Å². The highest BCUT2D eigenvalue weighted by molar-refractivity contribution is 5.27. The summed E-state index contributed by atoms with van der Waals surface area (Å²) >= 11 is 0. The summed E-state index contributed by atoms with van der Waals surface area (Å²) in [6.07, 6.45) is 3.15. The molecule has 0 aromatic heterocycles. The van der Waals surface area contributed by atoms with Crippen molar-refractivity contribution in [2.45, 2.75) is 40.0 Å². The molecular formula is C13H22FN. The molecule has 0 unspecified atom stereocenters. The van der Waals surface area contributed by atoms with Crippen LogP contribution in [0.4, 0.5) is 4.39 Å². The second-order valence-corrected chi connectivity index (χ2v) is 3.56. The van der Waals surface area contributed by atoms with E-state index < -0.39 is 0 Å². The molecule has 1 aromatic rings. The van der Waals surface area contributed by atoms with Gasteiger partial charge in [0, 0.05) is 0 Å². The van der Waals surface area contributed by atoms with Crippen molar-refractivity contribution in [3.8, 4) is 0 Å². The van der Waals surface area contributed by atoms with E-state index in [1.54, 1.807) is 6.07 Å². The quantitative estimate of drug-likeness (QED) is 0.814. The van der Waals surface area contributed by atoms with Crippen molar-refractivity contribution >= 4 is 0 Å². The maximum atomic E-state index is 12.9. The van der Waals surface area contributed by atoms with E-state index in [-0.39, 0.29) is 5.82 Å². The topological polar surface area (TPSA) is 26.0 Å². The first-order valence-corrected chi connectivity index (χ1v) is 5.61. The number of hydrogen-bond acceptors (Lipinski definition) is 1. The van der Waals surface area contributed by atoms with Crippen LogP contribution in [0, 0.1) is 12.7 Å². The Morgan fingerprint density at radius 1 is 1.20 bits per heavy atom. The Kier molecular flexibility index (Phi) is 7.92. The fourth-order valence-corrected chi connectivity index (χ4v) is 1.19. The van der Waals surface area contributed by atoms with E-state index >= 15 is 0 Å². The van der Waals surface area contributed by atoms with Crippen LogP contribution in [0.5, 0.6) is 0 Å². The van der Waals surface area contributed by atoms with E-state index in [0.29, 0.717) is 0 Å². The molecule has 0 fully saturated rings. The van der Waals surface area contributed by atoms with E-state index in [1.807, 2.05) is 13.0 Å². The maximum absolute atomic E-state index is 12.9. The third-order valence-electron chi connectivity index (χ3n) is 2.19. The van der Waals surface area contributed by atoms with Gasteiger partial charge in [-0.2, -0.15) is 0 Å². The van der Waals surface area contributed by atoms with Crippen molar-refractivity contribution in [2.75, 3.05) is 6.54 Å². The average Bonchev–Trinajstić information content (AvgIpc) is 2.25. The largest absolute Gasteiger partial charge is 0.330 e. The minimum atomic E-state index is -0.0871. The number of rotatable bonds is 3. The first-order valence-electron chi connectivity index (χ1n) is 5.61. The Labute approximate surface area is 92.5 Å². The predicted molar refractivity (Wildman–Crippen MR) is 64.5 cm³/mol. The molecule has 2 heteroatoms. The van der Waals surface area contributed by atoms with Crippen LogP contribution < -0.4 is 5.73 Å². The highest BCUT2D eigenvalue weighted by Gasteiger charge is 2.00. The Balaban J connectivity index is 0.000000423. The smallest absolute Gasteiger partial charge is 0.126 e. The fraction of sp³-hybridized carbons (Fsp3) is 0.538. The number of hydrogen-bond donors (Lipinski definition) is 1. The van der Waals surface area contributed by atoms with Crippen LogP contribution in [-0.4, -0.2) is 6.54 Å². The van der Waals surface area contributed by atoms with Crippen LogP contribution in [0.2, 0.25) is 0 Å². The number of aryl methyl sites for hydroxylation is 1. The average molecular weight is 211 g/mol. The van der Waals surface area contributed by atoms with Gasteiger partial charge in [-0.15, -0.1) is 0 Å². The van der Waals surface area contributed by atoms with Gasteiger partial charge in [-0.05, 0) is 43.5 Å². The molecular weight excluding hydrogens is 189 g/mol. The van der Waals surface area contributed by atoms with Gasteiger partial charge in [0.2, 0.25) is 0 Å². The molecule has 1 aromatic carbocycles. The van der Waals surface area contributed by atoms with Gasteiger partial charge in [-0.1, -0.05) is 32.4 Å². The SMILES string of the molecule is CCCN.CCCc1cccc(F)c1C. The van der Waals surface area contributed by atoms with Gasteiger partial charge >= 0.3 is 0 Å². The summed E-state index contributed by atoms with van der Waals surface area (Å²) in [5.41, 5.74) is 6.96. The zero-order chi connectivity index (χ0) is 11.7. The predicted octanol–water partition coefficient (Wildman–Crippen LogP) is 3.44. The second-order valence-electron chi connectivity index (χ2n) is 3.56. The molecule has 1 nitrogen and oxygen atoms in total. The molecule has 0 heterocycles. The standard InChI is InChI=1S/C10H13F.C3H9N/c1-3-5-9-6-4-7-10(11)8(9)2;1-2-3-4/h4,6-7H,3,5H2,1-2H3;2-4H2,1H3. The van der Waals surface area contributed by atoms with Gasteiger partial charge in [0.25, 0.3) is 0 Å². The van der Waals surface area contributed by atoms with Gasteiger partial charge in [-0.25, -0.2) is 4.39 Å². The Morgan fingerprint density at radius 2 is 1.80 bits per heavy atom. The molecule has 0 radical (unpaired) electrons. The Hall–Kier alpha value is -0.890. The maximum Gasteiger partial charge on any atom is 0.126 e. The van der Waals surface area contributed by atoms with E-state index in [4.69, 9.17) is 5.73 Å². The lowest BCUT2D eigenvalue weighted by Crippen LogP contribution is -1.93. The molecule has 0 aliphatic carbocycles. The molecule has 0 atom stereocenters. The molecule has 0 aliphatic rings. The van der Waals surface area contributed by atoms with Crippen LogP contribution >= 0.6 is 0 Å². The fourth-order valence-electron chi connectivity index (χ4n) is 1.19. The number of benzene rings is 1. The molecule has 0 saturated carbocycles. The third kappa shape index (κ3) is 5.53. The second kappa shape index (κ2) is 8.42. The van der Waals surface area contributed by atoms with Crippen molar-refractivity contribution < 1.29 is 4.39 Å². The van der Waals surface area contributed by atoms with Crippen LogP contribution in [0.1, 0.15) is 37.8 Å². The summed E-state index contributed by atoms with van der Waals surface area (Å²) in [5, 5.41) is 0. The van der Waals surface area contributed by atoms with Gasteiger partial charge in [0.15, 0.2) is 0 Å². The van der Waals surface area contributed by atoms with Crippen LogP contribution in [-0.2, 0) is 6.42 Å². The van der Waals surface area contributed by atoms with E-state index in [1.165, 1.54) is 6.07 Å². The molecule has 0 bridgehead atoms. The summed E-state index contributed by atoms with van der Waals surface area (Å²) in [4.78, 5) is 0. The zero-order valence-electron chi connectivity index (χ0n) is 10.0. The monoisotopic (exact) mass is 211 g/mol. The zero-order valence-corrected chi connectivity index (χ0v) is 10.0.